The number of hydrogen-bond donors (Lipinski definition) is 2. The minimum atomic E-state index is -1.00. The van der Waals surface area contributed by atoms with E-state index in [1.54, 1.807) is 43.3 Å². The van der Waals surface area contributed by atoms with Crippen LogP contribution >= 0.6 is 0 Å². The third kappa shape index (κ3) is 3.45. The third-order valence-corrected chi connectivity index (χ3v) is 3.04. The van der Waals surface area contributed by atoms with Gasteiger partial charge in [-0.1, -0.05) is 30.3 Å². The monoisotopic (exact) mass is 287 g/mol. The molecule has 2 N–H and O–H groups in total. The standard InChI is InChI=1S/C16H14FNO3/c1-10-5-4-7-12(15(10)17)16(21)18-13-8-3-2-6-11(13)9-14(19)20/h2-8H,9H2,1H3,(H,18,21)(H,19,20). The van der Waals surface area contributed by atoms with Crippen molar-refractivity contribution in [3.05, 3.63) is 65.0 Å². The van der Waals surface area contributed by atoms with Crippen LogP contribution in [0.4, 0.5) is 10.1 Å². The smallest absolute Gasteiger partial charge is 0.307 e. The van der Waals surface area contributed by atoms with Crippen LogP contribution in [0.2, 0.25) is 0 Å². The molecule has 0 aliphatic rings. The average Bonchev–Trinajstić information content (AvgIpc) is 2.43. The summed E-state index contributed by atoms with van der Waals surface area (Å²) in [6.45, 7) is 1.57. The molecule has 2 aromatic rings. The van der Waals surface area contributed by atoms with Gasteiger partial charge in [-0.2, -0.15) is 0 Å². The topological polar surface area (TPSA) is 66.4 Å². The minimum Gasteiger partial charge on any atom is -0.481 e. The zero-order valence-electron chi connectivity index (χ0n) is 11.4. The molecule has 0 aromatic heterocycles. The number of nitrogens with one attached hydrogen (secondary N) is 1. The van der Waals surface area contributed by atoms with Gasteiger partial charge in [-0.15, -0.1) is 0 Å². The Bertz CT molecular complexity index is 698. The van der Waals surface area contributed by atoms with Crippen molar-refractivity contribution in [2.24, 2.45) is 0 Å². The molecular weight excluding hydrogens is 273 g/mol. The van der Waals surface area contributed by atoms with E-state index in [1.165, 1.54) is 6.07 Å². The van der Waals surface area contributed by atoms with Gasteiger partial charge < -0.3 is 10.4 Å². The number of anilines is 1. The lowest BCUT2D eigenvalue weighted by Crippen LogP contribution is -2.16. The second kappa shape index (κ2) is 6.17. The van der Waals surface area contributed by atoms with E-state index in [-0.39, 0.29) is 12.0 Å². The molecule has 2 rings (SSSR count). The SMILES string of the molecule is Cc1cccc(C(=O)Nc2ccccc2CC(=O)O)c1F. The number of carbonyl (C=O) groups excluding carboxylic acids is 1. The molecule has 0 saturated carbocycles. The highest BCUT2D eigenvalue weighted by Gasteiger charge is 2.15. The second-order valence-electron chi connectivity index (χ2n) is 4.62. The summed E-state index contributed by atoms with van der Waals surface area (Å²) < 4.78 is 13.9. The summed E-state index contributed by atoms with van der Waals surface area (Å²) >= 11 is 0. The Morgan fingerprint density at radius 2 is 1.86 bits per heavy atom. The van der Waals surface area contributed by atoms with Crippen LogP contribution in [0.1, 0.15) is 21.5 Å². The number of para-hydroxylation sites is 1. The molecule has 108 valence electrons. The summed E-state index contributed by atoms with van der Waals surface area (Å²) in [5, 5.41) is 11.4. The molecule has 2 aromatic carbocycles. The predicted octanol–water partition coefficient (Wildman–Crippen LogP) is 3.01. The Balaban J connectivity index is 2.28. The highest BCUT2D eigenvalue weighted by molar-refractivity contribution is 6.05. The predicted molar refractivity (Wildman–Crippen MR) is 76.9 cm³/mol. The fourth-order valence-corrected chi connectivity index (χ4v) is 1.97. The molecule has 1 amide bonds. The molecule has 21 heavy (non-hydrogen) atoms. The van der Waals surface area contributed by atoms with Crippen molar-refractivity contribution in [1.82, 2.24) is 0 Å². The fraction of sp³-hybridized carbons (Fsp3) is 0.125. The summed E-state index contributed by atoms with van der Waals surface area (Å²) in [5.74, 6) is -2.18. The van der Waals surface area contributed by atoms with Gasteiger partial charge in [0.05, 0.1) is 12.0 Å². The van der Waals surface area contributed by atoms with Gasteiger partial charge in [0, 0.05) is 5.69 Å². The first-order chi connectivity index (χ1) is 9.99. The minimum absolute atomic E-state index is 0.0693. The van der Waals surface area contributed by atoms with Gasteiger partial charge in [0.25, 0.3) is 5.91 Å². The van der Waals surface area contributed by atoms with Gasteiger partial charge in [-0.25, -0.2) is 4.39 Å². The first kappa shape index (κ1) is 14.7. The maximum Gasteiger partial charge on any atom is 0.307 e. The summed E-state index contributed by atoms with van der Waals surface area (Å²) in [4.78, 5) is 22.9. The van der Waals surface area contributed by atoms with Gasteiger partial charge >= 0.3 is 5.97 Å². The number of amides is 1. The van der Waals surface area contributed by atoms with E-state index in [9.17, 15) is 14.0 Å². The van der Waals surface area contributed by atoms with Crippen molar-refractivity contribution in [2.45, 2.75) is 13.3 Å². The molecule has 4 nitrogen and oxygen atoms in total. The average molecular weight is 287 g/mol. The van der Waals surface area contributed by atoms with Crippen LogP contribution in [0.5, 0.6) is 0 Å². The first-order valence-corrected chi connectivity index (χ1v) is 6.35. The van der Waals surface area contributed by atoms with Gasteiger partial charge in [-0.05, 0) is 30.2 Å². The summed E-state index contributed by atoms with van der Waals surface area (Å²) in [6.07, 6.45) is -0.216. The number of aliphatic carboxylic acids is 1. The highest BCUT2D eigenvalue weighted by Crippen LogP contribution is 2.18. The Kier molecular flexibility index (Phi) is 4.33. The summed E-state index contributed by atoms with van der Waals surface area (Å²) in [6, 6.07) is 11.1. The van der Waals surface area contributed by atoms with Crippen molar-refractivity contribution in [2.75, 3.05) is 5.32 Å². The van der Waals surface area contributed by atoms with Crippen LogP contribution in [0.3, 0.4) is 0 Å². The molecule has 0 aliphatic carbocycles. The molecular formula is C16H14FNO3. The molecule has 0 unspecified atom stereocenters. The Morgan fingerprint density at radius 3 is 2.57 bits per heavy atom. The lowest BCUT2D eigenvalue weighted by atomic mass is 10.1. The molecule has 0 radical (unpaired) electrons. The van der Waals surface area contributed by atoms with Crippen LogP contribution < -0.4 is 5.32 Å². The second-order valence-corrected chi connectivity index (χ2v) is 4.62. The molecule has 0 spiro atoms. The van der Waals surface area contributed by atoms with Gasteiger partial charge in [0.15, 0.2) is 0 Å². The Hall–Kier alpha value is -2.69. The summed E-state index contributed by atoms with van der Waals surface area (Å²) in [7, 11) is 0. The lowest BCUT2D eigenvalue weighted by Gasteiger charge is -2.10. The van der Waals surface area contributed by atoms with E-state index in [0.29, 0.717) is 16.8 Å². The number of rotatable bonds is 4. The lowest BCUT2D eigenvalue weighted by molar-refractivity contribution is -0.136. The summed E-state index contributed by atoms with van der Waals surface area (Å²) in [5.41, 5.74) is 1.14. The number of hydrogen-bond acceptors (Lipinski definition) is 2. The zero-order valence-corrected chi connectivity index (χ0v) is 11.4. The van der Waals surface area contributed by atoms with Crippen LogP contribution in [0.15, 0.2) is 42.5 Å². The fourth-order valence-electron chi connectivity index (χ4n) is 1.97. The third-order valence-electron chi connectivity index (χ3n) is 3.04. The highest BCUT2D eigenvalue weighted by atomic mass is 19.1. The number of halogens is 1. The largest absolute Gasteiger partial charge is 0.481 e. The number of carboxylic acid groups (broad SMARTS) is 1. The molecule has 0 fully saturated rings. The number of benzene rings is 2. The van der Waals surface area contributed by atoms with Crippen LogP contribution in [-0.2, 0) is 11.2 Å². The van der Waals surface area contributed by atoms with Crippen molar-refractivity contribution in [3.8, 4) is 0 Å². The maximum atomic E-state index is 13.9. The van der Waals surface area contributed by atoms with Crippen molar-refractivity contribution >= 4 is 17.6 Å². The van der Waals surface area contributed by atoms with Crippen LogP contribution in [-0.4, -0.2) is 17.0 Å². The normalized spacial score (nSPS) is 10.2. The van der Waals surface area contributed by atoms with E-state index >= 15 is 0 Å². The van der Waals surface area contributed by atoms with E-state index in [1.807, 2.05) is 0 Å². The van der Waals surface area contributed by atoms with Crippen LogP contribution in [0, 0.1) is 12.7 Å². The molecule has 5 heteroatoms. The molecule has 0 aliphatic heterocycles. The van der Waals surface area contributed by atoms with Gasteiger partial charge in [-0.3, -0.25) is 9.59 Å². The number of carboxylic acids is 1. The molecule has 0 saturated heterocycles. The number of carbonyl (C=O) groups is 2. The quantitative estimate of drug-likeness (QED) is 0.908. The Morgan fingerprint density at radius 1 is 1.14 bits per heavy atom. The van der Waals surface area contributed by atoms with Crippen molar-refractivity contribution in [3.63, 3.8) is 0 Å². The van der Waals surface area contributed by atoms with Crippen molar-refractivity contribution < 1.29 is 19.1 Å². The Labute approximate surface area is 121 Å². The maximum absolute atomic E-state index is 13.9. The van der Waals surface area contributed by atoms with Gasteiger partial charge in [0.2, 0.25) is 0 Å². The van der Waals surface area contributed by atoms with E-state index in [2.05, 4.69) is 5.32 Å². The van der Waals surface area contributed by atoms with E-state index in [0.717, 1.165) is 0 Å². The van der Waals surface area contributed by atoms with E-state index < -0.39 is 17.7 Å². The number of aryl methyl sites for hydroxylation is 1. The zero-order chi connectivity index (χ0) is 15.4. The van der Waals surface area contributed by atoms with E-state index in [4.69, 9.17) is 5.11 Å². The van der Waals surface area contributed by atoms with Crippen molar-refractivity contribution in [1.29, 1.82) is 0 Å². The van der Waals surface area contributed by atoms with Crippen LogP contribution in [0.25, 0.3) is 0 Å². The molecule has 0 heterocycles. The van der Waals surface area contributed by atoms with Gasteiger partial charge in [0.1, 0.15) is 5.82 Å². The first-order valence-electron chi connectivity index (χ1n) is 6.35. The molecule has 0 bridgehead atoms. The molecule has 0 atom stereocenters.